The third kappa shape index (κ3) is 4.61. The number of nitrogens with one attached hydrogen (secondary N) is 1. The van der Waals surface area contributed by atoms with Gasteiger partial charge in [-0.25, -0.2) is 0 Å². The van der Waals surface area contributed by atoms with E-state index in [0.29, 0.717) is 22.0 Å². The van der Waals surface area contributed by atoms with Crippen molar-refractivity contribution >= 4 is 40.8 Å². The maximum atomic E-state index is 13.0. The molecular weight excluding hydrogens is 392 g/mol. The van der Waals surface area contributed by atoms with Gasteiger partial charge in [0.2, 0.25) is 0 Å². The van der Waals surface area contributed by atoms with Gasteiger partial charge in [-0.05, 0) is 54.8 Å². The van der Waals surface area contributed by atoms with Crippen LogP contribution < -0.4 is 14.4 Å². The molecule has 0 saturated heterocycles. The standard InChI is InChI=1S/C22H21ClN2O2S/c1-15-13-19(20(27-3)14-18(15)23)24-22(26)17-11-7-8-12-21(17)28-25(2)16-9-5-4-6-10-16/h4-14H,1-3H3,(H,24,26). The summed E-state index contributed by atoms with van der Waals surface area (Å²) in [5.41, 5.74) is 3.09. The number of amides is 1. The molecular formula is C22H21ClN2O2S. The second-order valence-corrected chi connectivity index (χ2v) is 7.75. The Balaban J connectivity index is 1.85. The van der Waals surface area contributed by atoms with Crippen LogP contribution in [0.25, 0.3) is 0 Å². The van der Waals surface area contributed by atoms with E-state index in [2.05, 4.69) is 5.32 Å². The molecule has 0 radical (unpaired) electrons. The van der Waals surface area contributed by atoms with Gasteiger partial charge in [0.05, 0.1) is 18.4 Å². The van der Waals surface area contributed by atoms with Crippen LogP contribution in [0, 0.1) is 6.92 Å². The first-order chi connectivity index (χ1) is 13.5. The fourth-order valence-electron chi connectivity index (χ4n) is 2.69. The minimum Gasteiger partial charge on any atom is -0.495 e. The van der Waals surface area contributed by atoms with Gasteiger partial charge in [-0.15, -0.1) is 0 Å². The van der Waals surface area contributed by atoms with Crippen LogP contribution in [-0.4, -0.2) is 20.1 Å². The molecule has 28 heavy (non-hydrogen) atoms. The third-order valence-electron chi connectivity index (χ3n) is 4.22. The minimum atomic E-state index is -0.204. The van der Waals surface area contributed by atoms with Crippen LogP contribution in [-0.2, 0) is 0 Å². The highest BCUT2D eigenvalue weighted by Crippen LogP contribution is 2.33. The van der Waals surface area contributed by atoms with Crippen LogP contribution in [0.3, 0.4) is 0 Å². The molecule has 6 heteroatoms. The average Bonchev–Trinajstić information content (AvgIpc) is 2.71. The summed E-state index contributed by atoms with van der Waals surface area (Å²) < 4.78 is 7.38. The lowest BCUT2D eigenvalue weighted by Gasteiger charge is -2.19. The number of hydrogen-bond acceptors (Lipinski definition) is 4. The summed E-state index contributed by atoms with van der Waals surface area (Å²) in [7, 11) is 3.52. The highest BCUT2D eigenvalue weighted by atomic mass is 35.5. The zero-order valence-electron chi connectivity index (χ0n) is 15.9. The number of carbonyl (C=O) groups excluding carboxylic acids is 1. The maximum Gasteiger partial charge on any atom is 0.256 e. The van der Waals surface area contributed by atoms with Crippen molar-refractivity contribution in [3.05, 3.63) is 82.9 Å². The van der Waals surface area contributed by atoms with E-state index in [-0.39, 0.29) is 5.91 Å². The van der Waals surface area contributed by atoms with Gasteiger partial charge >= 0.3 is 0 Å². The maximum absolute atomic E-state index is 13.0. The van der Waals surface area contributed by atoms with Crippen molar-refractivity contribution < 1.29 is 9.53 Å². The van der Waals surface area contributed by atoms with Gasteiger partial charge in [0, 0.05) is 28.7 Å². The summed E-state index contributed by atoms with van der Waals surface area (Å²) in [6.45, 7) is 1.88. The Labute approximate surface area is 174 Å². The van der Waals surface area contributed by atoms with Crippen LogP contribution >= 0.6 is 23.5 Å². The first-order valence-electron chi connectivity index (χ1n) is 8.71. The molecule has 3 aromatic rings. The molecule has 3 aromatic carbocycles. The monoisotopic (exact) mass is 412 g/mol. The van der Waals surface area contributed by atoms with Crippen molar-refractivity contribution in [1.29, 1.82) is 0 Å². The SMILES string of the molecule is COc1cc(Cl)c(C)cc1NC(=O)c1ccccc1SN(C)c1ccccc1. The first kappa shape index (κ1) is 20.1. The average molecular weight is 413 g/mol. The Morgan fingerprint density at radius 2 is 1.75 bits per heavy atom. The van der Waals surface area contributed by atoms with E-state index >= 15 is 0 Å². The molecule has 0 aliphatic heterocycles. The number of ether oxygens (including phenoxy) is 1. The summed E-state index contributed by atoms with van der Waals surface area (Å²) in [5, 5.41) is 3.54. The number of nitrogens with zero attached hydrogens (tertiary/aromatic N) is 1. The highest BCUT2D eigenvalue weighted by Gasteiger charge is 2.16. The van der Waals surface area contributed by atoms with E-state index in [0.717, 1.165) is 16.1 Å². The van der Waals surface area contributed by atoms with Crippen LogP contribution in [0.1, 0.15) is 15.9 Å². The molecule has 0 heterocycles. The lowest BCUT2D eigenvalue weighted by molar-refractivity contribution is 0.102. The molecule has 144 valence electrons. The summed E-state index contributed by atoms with van der Waals surface area (Å²) in [6.07, 6.45) is 0. The van der Waals surface area contributed by atoms with E-state index in [1.165, 1.54) is 11.9 Å². The van der Waals surface area contributed by atoms with Gasteiger partial charge in [0.25, 0.3) is 5.91 Å². The second kappa shape index (κ2) is 9.04. The van der Waals surface area contributed by atoms with Crippen LogP contribution in [0.4, 0.5) is 11.4 Å². The number of halogens is 1. The van der Waals surface area contributed by atoms with Crippen molar-refractivity contribution in [3.8, 4) is 5.75 Å². The lowest BCUT2D eigenvalue weighted by Crippen LogP contribution is -2.15. The van der Waals surface area contributed by atoms with Crippen molar-refractivity contribution in [2.75, 3.05) is 23.8 Å². The zero-order valence-corrected chi connectivity index (χ0v) is 17.5. The van der Waals surface area contributed by atoms with Crippen LogP contribution in [0.15, 0.2) is 71.6 Å². The van der Waals surface area contributed by atoms with Gasteiger partial charge in [-0.2, -0.15) is 0 Å². The van der Waals surface area contributed by atoms with Crippen LogP contribution in [0.5, 0.6) is 5.75 Å². The fraction of sp³-hybridized carbons (Fsp3) is 0.136. The normalized spacial score (nSPS) is 10.4. The molecule has 1 N–H and O–H groups in total. The zero-order chi connectivity index (χ0) is 20.1. The Morgan fingerprint density at radius 3 is 2.46 bits per heavy atom. The molecule has 0 aliphatic rings. The molecule has 0 aromatic heterocycles. The van der Waals surface area contributed by atoms with Gasteiger partial charge in [0.15, 0.2) is 0 Å². The predicted octanol–water partition coefficient (Wildman–Crippen LogP) is 6.05. The van der Waals surface area contributed by atoms with Gasteiger partial charge in [-0.1, -0.05) is 41.9 Å². The molecule has 0 fully saturated rings. The molecule has 1 amide bonds. The number of carbonyl (C=O) groups is 1. The number of hydrogen-bond donors (Lipinski definition) is 1. The number of para-hydroxylation sites is 1. The Morgan fingerprint density at radius 1 is 1.07 bits per heavy atom. The van der Waals surface area contributed by atoms with Gasteiger partial charge in [-0.3, -0.25) is 4.79 Å². The van der Waals surface area contributed by atoms with Crippen molar-refractivity contribution in [1.82, 2.24) is 0 Å². The number of methoxy groups -OCH3 is 1. The molecule has 0 unspecified atom stereocenters. The van der Waals surface area contributed by atoms with E-state index in [1.54, 1.807) is 13.2 Å². The Bertz CT molecular complexity index is 980. The van der Waals surface area contributed by atoms with E-state index in [4.69, 9.17) is 16.3 Å². The molecule has 0 aliphatic carbocycles. The van der Waals surface area contributed by atoms with Crippen molar-refractivity contribution in [2.45, 2.75) is 11.8 Å². The van der Waals surface area contributed by atoms with E-state index < -0.39 is 0 Å². The largest absolute Gasteiger partial charge is 0.495 e. The predicted molar refractivity (Wildman–Crippen MR) is 118 cm³/mol. The molecule has 3 rings (SSSR count). The summed E-state index contributed by atoms with van der Waals surface area (Å²) >= 11 is 7.66. The van der Waals surface area contributed by atoms with E-state index in [1.807, 2.05) is 78.9 Å². The minimum absolute atomic E-state index is 0.204. The third-order valence-corrected chi connectivity index (χ3v) is 5.66. The first-order valence-corrected chi connectivity index (χ1v) is 9.86. The quantitative estimate of drug-likeness (QED) is 0.500. The van der Waals surface area contributed by atoms with Crippen LogP contribution in [0.2, 0.25) is 5.02 Å². The number of benzene rings is 3. The Hall–Kier alpha value is -2.63. The Kier molecular flexibility index (Phi) is 6.49. The van der Waals surface area contributed by atoms with Crippen molar-refractivity contribution in [3.63, 3.8) is 0 Å². The van der Waals surface area contributed by atoms with Gasteiger partial charge in [0.1, 0.15) is 5.75 Å². The number of anilines is 2. The fourth-order valence-corrected chi connectivity index (χ4v) is 3.77. The molecule has 0 atom stereocenters. The highest BCUT2D eigenvalue weighted by molar-refractivity contribution is 8.00. The number of rotatable bonds is 6. The second-order valence-electron chi connectivity index (χ2n) is 6.18. The molecule has 0 bridgehead atoms. The number of aryl methyl sites for hydroxylation is 1. The molecule has 0 spiro atoms. The summed E-state index contributed by atoms with van der Waals surface area (Å²) in [5.74, 6) is 0.320. The van der Waals surface area contributed by atoms with Gasteiger partial charge < -0.3 is 14.4 Å². The smallest absolute Gasteiger partial charge is 0.256 e. The lowest BCUT2D eigenvalue weighted by atomic mass is 10.1. The molecule has 4 nitrogen and oxygen atoms in total. The van der Waals surface area contributed by atoms with E-state index in [9.17, 15) is 4.79 Å². The molecule has 0 saturated carbocycles. The topological polar surface area (TPSA) is 41.6 Å². The summed E-state index contributed by atoms with van der Waals surface area (Å²) in [4.78, 5) is 13.8. The summed E-state index contributed by atoms with van der Waals surface area (Å²) in [6, 6.07) is 21.0. The van der Waals surface area contributed by atoms with Crippen molar-refractivity contribution in [2.24, 2.45) is 0 Å².